The van der Waals surface area contributed by atoms with Gasteiger partial charge in [-0.25, -0.2) is 0 Å². The highest BCUT2D eigenvalue weighted by Crippen LogP contribution is 2.23. The topological polar surface area (TPSA) is 52.7 Å². The lowest BCUT2D eigenvalue weighted by Gasteiger charge is -2.38. The summed E-state index contributed by atoms with van der Waals surface area (Å²) in [6, 6.07) is 0.306. The molecule has 0 bridgehead atoms. The number of amides is 2. The van der Waals surface area contributed by atoms with Crippen molar-refractivity contribution in [2.75, 3.05) is 26.2 Å². The molecule has 3 aliphatic heterocycles. The van der Waals surface area contributed by atoms with Crippen LogP contribution in [0.15, 0.2) is 0 Å². The SMILES string of the molecule is O=C([C@H]1CCCN1)N1CCN2C(=O)CCC2C1. The molecule has 3 saturated heterocycles. The molecule has 1 N–H and O–H groups in total. The quantitative estimate of drug-likeness (QED) is 0.673. The Balaban J connectivity index is 1.62. The maximum atomic E-state index is 12.2. The van der Waals surface area contributed by atoms with E-state index < -0.39 is 0 Å². The van der Waals surface area contributed by atoms with Crippen LogP contribution in [0, 0.1) is 0 Å². The lowest BCUT2D eigenvalue weighted by molar-refractivity contribution is -0.140. The monoisotopic (exact) mass is 237 g/mol. The molecule has 5 heteroatoms. The van der Waals surface area contributed by atoms with Crippen LogP contribution in [0.3, 0.4) is 0 Å². The predicted molar refractivity (Wildman–Crippen MR) is 62.3 cm³/mol. The van der Waals surface area contributed by atoms with Gasteiger partial charge in [0, 0.05) is 32.1 Å². The highest BCUT2D eigenvalue weighted by Gasteiger charge is 2.38. The van der Waals surface area contributed by atoms with Crippen molar-refractivity contribution in [3.05, 3.63) is 0 Å². The standard InChI is InChI=1S/C12H19N3O2/c16-11-4-3-9-8-14(6-7-15(9)11)12(17)10-2-1-5-13-10/h9-10,13H,1-8H2/t9?,10-/m1/s1. The summed E-state index contributed by atoms with van der Waals surface area (Å²) in [5.41, 5.74) is 0. The molecule has 2 atom stereocenters. The molecular weight excluding hydrogens is 218 g/mol. The first-order valence-corrected chi connectivity index (χ1v) is 6.57. The highest BCUT2D eigenvalue weighted by molar-refractivity contribution is 5.83. The molecule has 0 aliphatic carbocycles. The third kappa shape index (κ3) is 1.92. The minimum absolute atomic E-state index is 0.0265. The van der Waals surface area contributed by atoms with E-state index in [1.807, 2.05) is 9.80 Å². The number of rotatable bonds is 1. The average Bonchev–Trinajstić information content (AvgIpc) is 2.98. The van der Waals surface area contributed by atoms with E-state index in [0.29, 0.717) is 13.0 Å². The van der Waals surface area contributed by atoms with Crippen molar-refractivity contribution in [2.45, 2.75) is 37.8 Å². The summed E-state index contributed by atoms with van der Waals surface area (Å²) in [7, 11) is 0. The average molecular weight is 237 g/mol. The number of nitrogens with one attached hydrogen (secondary N) is 1. The molecule has 0 aromatic carbocycles. The summed E-state index contributed by atoms with van der Waals surface area (Å²) in [6.45, 7) is 3.13. The normalized spacial score (nSPS) is 33.1. The Labute approximate surface area is 101 Å². The van der Waals surface area contributed by atoms with Crippen molar-refractivity contribution in [3.63, 3.8) is 0 Å². The number of nitrogens with zero attached hydrogens (tertiary/aromatic N) is 2. The van der Waals surface area contributed by atoms with Crippen LogP contribution in [-0.4, -0.2) is 59.9 Å². The van der Waals surface area contributed by atoms with Crippen molar-refractivity contribution < 1.29 is 9.59 Å². The minimum Gasteiger partial charge on any atom is -0.338 e. The van der Waals surface area contributed by atoms with Crippen molar-refractivity contribution >= 4 is 11.8 Å². The fraction of sp³-hybridized carbons (Fsp3) is 0.833. The molecule has 94 valence electrons. The second-order valence-corrected chi connectivity index (χ2v) is 5.21. The van der Waals surface area contributed by atoms with Gasteiger partial charge in [-0.15, -0.1) is 0 Å². The van der Waals surface area contributed by atoms with Crippen LogP contribution in [-0.2, 0) is 9.59 Å². The molecule has 0 saturated carbocycles. The molecule has 0 spiro atoms. The van der Waals surface area contributed by atoms with E-state index in [-0.39, 0.29) is 23.9 Å². The van der Waals surface area contributed by atoms with Crippen molar-refractivity contribution in [2.24, 2.45) is 0 Å². The molecule has 0 radical (unpaired) electrons. The molecule has 0 aromatic rings. The third-order valence-electron chi connectivity index (χ3n) is 4.16. The smallest absolute Gasteiger partial charge is 0.239 e. The van der Waals surface area contributed by atoms with E-state index in [4.69, 9.17) is 0 Å². The molecule has 3 fully saturated rings. The Hall–Kier alpha value is -1.10. The van der Waals surface area contributed by atoms with E-state index in [2.05, 4.69) is 5.32 Å². The summed E-state index contributed by atoms with van der Waals surface area (Å²) >= 11 is 0. The van der Waals surface area contributed by atoms with Crippen molar-refractivity contribution in [3.8, 4) is 0 Å². The van der Waals surface area contributed by atoms with Crippen LogP contribution in [0.4, 0.5) is 0 Å². The highest BCUT2D eigenvalue weighted by atomic mass is 16.2. The molecule has 1 unspecified atom stereocenters. The predicted octanol–water partition coefficient (Wildman–Crippen LogP) is -0.428. The van der Waals surface area contributed by atoms with Gasteiger partial charge in [0.15, 0.2) is 0 Å². The van der Waals surface area contributed by atoms with Gasteiger partial charge in [0.1, 0.15) is 0 Å². The number of fused-ring (bicyclic) bond motifs is 1. The second-order valence-electron chi connectivity index (χ2n) is 5.21. The van der Waals surface area contributed by atoms with E-state index >= 15 is 0 Å². The fourth-order valence-corrected chi connectivity index (χ4v) is 3.18. The van der Waals surface area contributed by atoms with Crippen LogP contribution >= 0.6 is 0 Å². The van der Waals surface area contributed by atoms with E-state index in [1.54, 1.807) is 0 Å². The van der Waals surface area contributed by atoms with Gasteiger partial charge >= 0.3 is 0 Å². The number of carbonyl (C=O) groups excluding carboxylic acids is 2. The summed E-state index contributed by atoms with van der Waals surface area (Å²) in [6.07, 6.45) is 3.63. The molecule has 3 heterocycles. The van der Waals surface area contributed by atoms with E-state index in [0.717, 1.165) is 38.9 Å². The summed E-state index contributed by atoms with van der Waals surface area (Å²) in [4.78, 5) is 27.7. The molecule has 17 heavy (non-hydrogen) atoms. The Bertz CT molecular complexity index is 339. The first-order valence-electron chi connectivity index (χ1n) is 6.57. The zero-order chi connectivity index (χ0) is 11.8. The third-order valence-corrected chi connectivity index (χ3v) is 4.16. The van der Waals surface area contributed by atoms with Gasteiger partial charge in [0.05, 0.1) is 6.04 Å². The van der Waals surface area contributed by atoms with Gasteiger partial charge in [0.2, 0.25) is 11.8 Å². The molecule has 2 amide bonds. The van der Waals surface area contributed by atoms with Gasteiger partial charge in [-0.05, 0) is 25.8 Å². The lowest BCUT2D eigenvalue weighted by atomic mass is 10.1. The number of piperazine rings is 1. The first-order chi connectivity index (χ1) is 8.25. The minimum atomic E-state index is 0.0265. The number of hydrogen-bond acceptors (Lipinski definition) is 3. The van der Waals surface area contributed by atoms with Crippen LogP contribution in [0.2, 0.25) is 0 Å². The first kappa shape index (κ1) is 11.0. The lowest BCUT2D eigenvalue weighted by Crippen LogP contribution is -2.56. The van der Waals surface area contributed by atoms with Crippen molar-refractivity contribution in [1.82, 2.24) is 15.1 Å². The molecule has 0 aromatic heterocycles. The molecule has 5 nitrogen and oxygen atoms in total. The van der Waals surface area contributed by atoms with Crippen LogP contribution < -0.4 is 5.32 Å². The largest absolute Gasteiger partial charge is 0.338 e. The zero-order valence-electron chi connectivity index (χ0n) is 10.0. The maximum Gasteiger partial charge on any atom is 0.239 e. The van der Waals surface area contributed by atoms with Gasteiger partial charge in [-0.2, -0.15) is 0 Å². The summed E-state index contributed by atoms with van der Waals surface area (Å²) in [5, 5.41) is 3.25. The Morgan fingerprint density at radius 3 is 2.94 bits per heavy atom. The molecule has 3 aliphatic rings. The van der Waals surface area contributed by atoms with E-state index in [1.165, 1.54) is 0 Å². The van der Waals surface area contributed by atoms with Gasteiger partial charge in [-0.3, -0.25) is 9.59 Å². The Morgan fingerprint density at radius 2 is 2.18 bits per heavy atom. The number of carbonyl (C=O) groups is 2. The zero-order valence-corrected chi connectivity index (χ0v) is 10.0. The fourth-order valence-electron chi connectivity index (χ4n) is 3.18. The maximum absolute atomic E-state index is 12.2. The van der Waals surface area contributed by atoms with Gasteiger partial charge in [-0.1, -0.05) is 0 Å². The van der Waals surface area contributed by atoms with Crippen molar-refractivity contribution in [1.29, 1.82) is 0 Å². The van der Waals surface area contributed by atoms with Crippen LogP contribution in [0.1, 0.15) is 25.7 Å². The molecular formula is C12H19N3O2. The second kappa shape index (κ2) is 4.29. The summed E-state index contributed by atoms with van der Waals surface area (Å²) < 4.78 is 0. The van der Waals surface area contributed by atoms with Gasteiger partial charge < -0.3 is 15.1 Å². The van der Waals surface area contributed by atoms with Crippen LogP contribution in [0.25, 0.3) is 0 Å². The number of hydrogen-bond donors (Lipinski definition) is 1. The summed E-state index contributed by atoms with van der Waals surface area (Å²) in [5.74, 6) is 0.502. The molecule has 3 rings (SSSR count). The Kier molecular flexibility index (Phi) is 2.78. The van der Waals surface area contributed by atoms with E-state index in [9.17, 15) is 9.59 Å². The Morgan fingerprint density at radius 1 is 1.29 bits per heavy atom. The van der Waals surface area contributed by atoms with Crippen LogP contribution in [0.5, 0.6) is 0 Å². The van der Waals surface area contributed by atoms with Gasteiger partial charge in [0.25, 0.3) is 0 Å².